The molecule has 218 valence electrons. The van der Waals surface area contributed by atoms with Crippen molar-refractivity contribution < 1.29 is 27.4 Å². The highest BCUT2D eigenvalue weighted by atomic mass is 19.4. The second-order valence-corrected chi connectivity index (χ2v) is 10.2. The van der Waals surface area contributed by atoms with Gasteiger partial charge < -0.3 is 19.1 Å². The summed E-state index contributed by atoms with van der Waals surface area (Å²) < 4.78 is 57.5. The van der Waals surface area contributed by atoms with E-state index in [0.29, 0.717) is 39.8 Å². The zero-order chi connectivity index (χ0) is 30.4. The summed E-state index contributed by atoms with van der Waals surface area (Å²) in [7, 11) is 3.15. The van der Waals surface area contributed by atoms with Crippen molar-refractivity contribution in [3.05, 3.63) is 121 Å². The second kappa shape index (κ2) is 10.6. The van der Waals surface area contributed by atoms with Gasteiger partial charge in [-0.1, -0.05) is 54.6 Å². The van der Waals surface area contributed by atoms with Gasteiger partial charge in [0.2, 0.25) is 0 Å². The Morgan fingerprint density at radius 3 is 1.89 bits per heavy atom. The lowest BCUT2D eigenvalue weighted by atomic mass is 9.96. The topological polar surface area (TPSA) is 43.8 Å². The highest BCUT2D eigenvalue weighted by Gasteiger charge is 2.30. The molecule has 0 fully saturated rings. The highest BCUT2D eigenvalue weighted by molar-refractivity contribution is 6.06. The predicted molar refractivity (Wildman–Crippen MR) is 165 cm³/mol. The average molecular weight is 591 g/mol. The lowest BCUT2D eigenvalue weighted by Crippen LogP contribution is -2.16. The minimum absolute atomic E-state index is 0.526. The number of ether oxygens (including phenoxy) is 3. The van der Waals surface area contributed by atoms with Crippen molar-refractivity contribution >= 4 is 28.0 Å². The SMILES string of the molecule is COc1ccc(-c2cc(-c3ccc(C(F)(F)F)cc3)nc3c(N4c5ccccc5Oc5ccccc54)cccc23)cc1OC. The summed E-state index contributed by atoms with van der Waals surface area (Å²) in [4.78, 5) is 7.21. The molecule has 0 N–H and O–H groups in total. The van der Waals surface area contributed by atoms with Crippen LogP contribution in [0, 0.1) is 0 Å². The first-order valence-corrected chi connectivity index (χ1v) is 13.9. The molecule has 44 heavy (non-hydrogen) atoms. The van der Waals surface area contributed by atoms with Gasteiger partial charge in [-0.05, 0) is 71.8 Å². The van der Waals surface area contributed by atoms with Crippen molar-refractivity contribution in [3.63, 3.8) is 0 Å². The summed E-state index contributed by atoms with van der Waals surface area (Å²) in [6, 6.07) is 34.1. The van der Waals surface area contributed by atoms with Crippen molar-refractivity contribution in [2.24, 2.45) is 0 Å². The molecule has 7 rings (SSSR count). The molecule has 0 radical (unpaired) electrons. The minimum Gasteiger partial charge on any atom is -0.493 e. The van der Waals surface area contributed by atoms with E-state index in [1.165, 1.54) is 12.1 Å². The maximum Gasteiger partial charge on any atom is 0.416 e. The van der Waals surface area contributed by atoms with Gasteiger partial charge in [0, 0.05) is 10.9 Å². The Morgan fingerprint density at radius 1 is 0.636 bits per heavy atom. The zero-order valence-electron chi connectivity index (χ0n) is 23.7. The molecule has 6 aromatic rings. The summed E-state index contributed by atoms with van der Waals surface area (Å²) in [5.74, 6) is 2.53. The number of aromatic nitrogens is 1. The van der Waals surface area contributed by atoms with Crippen LogP contribution in [-0.4, -0.2) is 19.2 Å². The molecule has 0 aliphatic carbocycles. The Bertz CT molecular complexity index is 1980. The lowest BCUT2D eigenvalue weighted by molar-refractivity contribution is -0.137. The molecular weight excluding hydrogens is 565 g/mol. The quantitative estimate of drug-likeness (QED) is 0.200. The van der Waals surface area contributed by atoms with Gasteiger partial charge in [0.05, 0.1) is 48.1 Å². The van der Waals surface area contributed by atoms with E-state index in [9.17, 15) is 13.2 Å². The number of methoxy groups -OCH3 is 2. The minimum atomic E-state index is -4.44. The molecule has 5 aromatic carbocycles. The molecule has 0 unspecified atom stereocenters. The zero-order valence-corrected chi connectivity index (χ0v) is 23.7. The molecule has 0 bridgehead atoms. The van der Waals surface area contributed by atoms with Gasteiger partial charge in [0.1, 0.15) is 0 Å². The van der Waals surface area contributed by atoms with E-state index in [1.807, 2.05) is 91.0 Å². The Hall–Kier alpha value is -5.50. The number of hydrogen-bond acceptors (Lipinski definition) is 5. The number of halogens is 3. The van der Waals surface area contributed by atoms with Crippen LogP contribution in [0.15, 0.2) is 115 Å². The summed E-state index contributed by atoms with van der Waals surface area (Å²) in [6.07, 6.45) is -4.44. The van der Waals surface area contributed by atoms with Gasteiger partial charge in [-0.3, -0.25) is 0 Å². The molecule has 0 spiro atoms. The number of nitrogens with zero attached hydrogens (tertiary/aromatic N) is 2. The van der Waals surface area contributed by atoms with E-state index in [0.717, 1.165) is 45.7 Å². The summed E-state index contributed by atoms with van der Waals surface area (Å²) >= 11 is 0. The summed E-state index contributed by atoms with van der Waals surface area (Å²) in [6.45, 7) is 0. The molecule has 0 atom stereocenters. The fourth-order valence-electron chi connectivity index (χ4n) is 5.60. The fourth-order valence-corrected chi connectivity index (χ4v) is 5.60. The van der Waals surface area contributed by atoms with E-state index in [4.69, 9.17) is 19.2 Å². The van der Waals surface area contributed by atoms with Gasteiger partial charge >= 0.3 is 6.18 Å². The molecule has 1 aliphatic rings. The van der Waals surface area contributed by atoms with E-state index in [-0.39, 0.29) is 0 Å². The van der Waals surface area contributed by atoms with Crippen molar-refractivity contribution in [2.45, 2.75) is 6.18 Å². The van der Waals surface area contributed by atoms with Crippen LogP contribution in [0.2, 0.25) is 0 Å². The molecule has 0 saturated carbocycles. The fraction of sp³-hybridized carbons (Fsp3) is 0.0833. The van der Waals surface area contributed by atoms with Crippen molar-refractivity contribution in [1.29, 1.82) is 0 Å². The van der Waals surface area contributed by atoms with Crippen molar-refractivity contribution in [2.75, 3.05) is 19.1 Å². The number of benzene rings is 5. The smallest absolute Gasteiger partial charge is 0.416 e. The van der Waals surface area contributed by atoms with E-state index in [1.54, 1.807) is 14.2 Å². The Balaban J connectivity index is 1.51. The average Bonchev–Trinajstić information content (AvgIpc) is 3.05. The molecule has 1 aromatic heterocycles. The number of rotatable bonds is 5. The van der Waals surface area contributed by atoms with Gasteiger partial charge in [0.15, 0.2) is 23.0 Å². The number of para-hydroxylation sites is 5. The Morgan fingerprint density at radius 2 is 1.25 bits per heavy atom. The van der Waals surface area contributed by atoms with Crippen molar-refractivity contribution in [3.8, 4) is 45.4 Å². The van der Waals surface area contributed by atoms with Gasteiger partial charge in [-0.25, -0.2) is 4.98 Å². The number of alkyl halides is 3. The standard InChI is InChI=1S/C36H25F3N2O3/c1-42-33-19-16-23(20-34(33)43-2)26-21-27(22-14-17-24(18-15-22)36(37,38)39)40-35-25(26)8-7-11-30(35)41-28-9-3-5-12-31(28)44-32-13-6-4-10-29(32)41/h3-21H,1-2H3. The molecule has 5 nitrogen and oxygen atoms in total. The monoisotopic (exact) mass is 590 g/mol. The predicted octanol–water partition coefficient (Wildman–Crippen LogP) is 10.2. The Kier molecular flexibility index (Phi) is 6.62. The number of hydrogen-bond donors (Lipinski definition) is 0. The van der Waals surface area contributed by atoms with E-state index >= 15 is 0 Å². The molecule has 8 heteroatoms. The first-order chi connectivity index (χ1) is 21.4. The molecule has 0 saturated heterocycles. The maximum absolute atomic E-state index is 13.4. The van der Waals surface area contributed by atoms with Crippen LogP contribution in [0.1, 0.15) is 5.56 Å². The van der Waals surface area contributed by atoms with Crippen LogP contribution >= 0.6 is 0 Å². The first kappa shape index (κ1) is 27.3. The van der Waals surface area contributed by atoms with Crippen LogP contribution in [-0.2, 0) is 6.18 Å². The van der Waals surface area contributed by atoms with Crippen LogP contribution in [0.5, 0.6) is 23.0 Å². The van der Waals surface area contributed by atoms with Crippen LogP contribution in [0.25, 0.3) is 33.3 Å². The third-order valence-corrected chi connectivity index (χ3v) is 7.69. The second-order valence-electron chi connectivity index (χ2n) is 10.2. The summed E-state index contributed by atoms with van der Waals surface area (Å²) in [5, 5.41) is 0.854. The van der Waals surface area contributed by atoms with Crippen LogP contribution < -0.4 is 19.1 Å². The largest absolute Gasteiger partial charge is 0.493 e. The van der Waals surface area contributed by atoms with Gasteiger partial charge in [0.25, 0.3) is 0 Å². The molecule has 1 aliphatic heterocycles. The third kappa shape index (κ3) is 4.65. The molecule has 0 amide bonds. The lowest BCUT2D eigenvalue weighted by Gasteiger charge is -2.33. The van der Waals surface area contributed by atoms with E-state index < -0.39 is 11.7 Å². The number of fused-ring (bicyclic) bond motifs is 3. The Labute approximate surface area is 251 Å². The van der Waals surface area contributed by atoms with Crippen LogP contribution in [0.3, 0.4) is 0 Å². The third-order valence-electron chi connectivity index (χ3n) is 7.69. The van der Waals surface area contributed by atoms with E-state index in [2.05, 4.69) is 4.90 Å². The van der Waals surface area contributed by atoms with Gasteiger partial charge in [-0.2, -0.15) is 13.2 Å². The normalized spacial score (nSPS) is 12.3. The molecule has 2 heterocycles. The highest BCUT2D eigenvalue weighted by Crippen LogP contribution is 2.52. The number of pyridine rings is 1. The maximum atomic E-state index is 13.4. The number of anilines is 3. The summed E-state index contributed by atoms with van der Waals surface area (Å²) in [5.41, 5.74) is 5.18. The van der Waals surface area contributed by atoms with Crippen molar-refractivity contribution in [1.82, 2.24) is 4.98 Å². The first-order valence-electron chi connectivity index (χ1n) is 13.9. The molecular formula is C36H25F3N2O3. The van der Waals surface area contributed by atoms with Gasteiger partial charge in [-0.15, -0.1) is 0 Å². The van der Waals surface area contributed by atoms with Crippen LogP contribution in [0.4, 0.5) is 30.2 Å².